The third-order valence-electron chi connectivity index (χ3n) is 3.49. The van der Waals surface area contributed by atoms with Gasteiger partial charge in [0, 0.05) is 23.3 Å². The second-order valence-corrected chi connectivity index (χ2v) is 5.59. The molecule has 0 aliphatic rings. The van der Waals surface area contributed by atoms with Crippen molar-refractivity contribution in [3.05, 3.63) is 76.9 Å². The standard InChI is InChI=1S/C18H14ClFN2O2/c19-14-3-1-4-15(20)13(14)10-18(23)22-11-12-6-7-21-16(9-12)17-5-2-8-24-17/h1-9H,10-11H2,(H,22,23). The van der Waals surface area contributed by atoms with Gasteiger partial charge in [0.1, 0.15) is 11.5 Å². The minimum Gasteiger partial charge on any atom is -0.463 e. The minimum absolute atomic E-state index is 0.109. The van der Waals surface area contributed by atoms with Crippen LogP contribution >= 0.6 is 11.6 Å². The summed E-state index contributed by atoms with van der Waals surface area (Å²) in [5.41, 5.74) is 1.75. The fraction of sp³-hybridized carbons (Fsp3) is 0.111. The molecule has 0 spiro atoms. The average molecular weight is 345 g/mol. The van der Waals surface area contributed by atoms with Gasteiger partial charge in [-0.1, -0.05) is 17.7 Å². The zero-order chi connectivity index (χ0) is 16.9. The molecular formula is C18H14ClFN2O2. The molecule has 24 heavy (non-hydrogen) atoms. The molecule has 2 aromatic heterocycles. The van der Waals surface area contributed by atoms with E-state index in [2.05, 4.69) is 10.3 Å². The van der Waals surface area contributed by atoms with Gasteiger partial charge in [0.15, 0.2) is 5.76 Å². The highest BCUT2D eigenvalue weighted by molar-refractivity contribution is 6.31. The van der Waals surface area contributed by atoms with Crippen LogP contribution in [0.2, 0.25) is 5.02 Å². The molecule has 4 nitrogen and oxygen atoms in total. The zero-order valence-electron chi connectivity index (χ0n) is 12.6. The summed E-state index contributed by atoms with van der Waals surface area (Å²) in [7, 11) is 0. The van der Waals surface area contributed by atoms with Gasteiger partial charge < -0.3 is 9.73 Å². The van der Waals surface area contributed by atoms with Crippen LogP contribution in [0.25, 0.3) is 11.5 Å². The predicted molar refractivity (Wildman–Crippen MR) is 88.9 cm³/mol. The Labute approximate surface area is 143 Å². The average Bonchev–Trinajstić information content (AvgIpc) is 3.11. The second-order valence-electron chi connectivity index (χ2n) is 5.18. The third kappa shape index (κ3) is 3.81. The van der Waals surface area contributed by atoms with E-state index in [-0.39, 0.29) is 22.9 Å². The van der Waals surface area contributed by atoms with Crippen LogP contribution in [0.1, 0.15) is 11.1 Å². The number of carbonyl (C=O) groups excluding carboxylic acids is 1. The van der Waals surface area contributed by atoms with Gasteiger partial charge in [0.05, 0.1) is 12.7 Å². The highest BCUT2D eigenvalue weighted by Crippen LogP contribution is 2.20. The summed E-state index contributed by atoms with van der Waals surface area (Å²) in [6.07, 6.45) is 3.11. The van der Waals surface area contributed by atoms with E-state index in [0.29, 0.717) is 18.0 Å². The van der Waals surface area contributed by atoms with Crippen LogP contribution in [-0.2, 0) is 17.8 Å². The fourth-order valence-corrected chi connectivity index (χ4v) is 2.50. The fourth-order valence-electron chi connectivity index (χ4n) is 2.27. The van der Waals surface area contributed by atoms with Crippen molar-refractivity contribution in [3.63, 3.8) is 0 Å². The van der Waals surface area contributed by atoms with Crippen molar-refractivity contribution in [2.45, 2.75) is 13.0 Å². The Morgan fingerprint density at radius 1 is 1.25 bits per heavy atom. The lowest BCUT2D eigenvalue weighted by molar-refractivity contribution is -0.120. The van der Waals surface area contributed by atoms with Gasteiger partial charge in [-0.2, -0.15) is 0 Å². The van der Waals surface area contributed by atoms with Crippen molar-refractivity contribution in [1.29, 1.82) is 0 Å². The van der Waals surface area contributed by atoms with E-state index in [4.69, 9.17) is 16.0 Å². The molecule has 3 aromatic rings. The van der Waals surface area contributed by atoms with Crippen molar-refractivity contribution in [2.75, 3.05) is 0 Å². The summed E-state index contributed by atoms with van der Waals surface area (Å²) in [6, 6.07) is 11.6. The summed E-state index contributed by atoms with van der Waals surface area (Å²) >= 11 is 5.93. The number of hydrogen-bond donors (Lipinski definition) is 1. The van der Waals surface area contributed by atoms with E-state index in [9.17, 15) is 9.18 Å². The molecular weight excluding hydrogens is 331 g/mol. The summed E-state index contributed by atoms with van der Waals surface area (Å²) in [5, 5.41) is 3.00. The molecule has 0 aliphatic heterocycles. The number of nitrogens with one attached hydrogen (secondary N) is 1. The number of furan rings is 1. The normalized spacial score (nSPS) is 10.6. The Morgan fingerprint density at radius 3 is 2.88 bits per heavy atom. The third-order valence-corrected chi connectivity index (χ3v) is 3.84. The second kappa shape index (κ2) is 7.27. The number of amides is 1. The first-order chi connectivity index (χ1) is 11.6. The lowest BCUT2D eigenvalue weighted by Crippen LogP contribution is -2.25. The highest BCUT2D eigenvalue weighted by atomic mass is 35.5. The molecule has 0 atom stereocenters. The van der Waals surface area contributed by atoms with E-state index < -0.39 is 5.82 Å². The number of benzene rings is 1. The Hall–Kier alpha value is -2.66. The van der Waals surface area contributed by atoms with Crippen LogP contribution in [0.3, 0.4) is 0 Å². The maximum Gasteiger partial charge on any atom is 0.224 e. The Balaban J connectivity index is 1.64. The van der Waals surface area contributed by atoms with Crippen LogP contribution in [0.15, 0.2) is 59.3 Å². The van der Waals surface area contributed by atoms with Crippen molar-refractivity contribution in [3.8, 4) is 11.5 Å². The van der Waals surface area contributed by atoms with Crippen molar-refractivity contribution in [2.24, 2.45) is 0 Å². The topological polar surface area (TPSA) is 55.1 Å². The first-order valence-electron chi connectivity index (χ1n) is 7.32. The molecule has 0 bridgehead atoms. The molecule has 0 radical (unpaired) electrons. The largest absolute Gasteiger partial charge is 0.463 e. The van der Waals surface area contributed by atoms with Crippen molar-refractivity contribution < 1.29 is 13.6 Å². The number of halogens is 2. The van der Waals surface area contributed by atoms with Crippen LogP contribution in [0.4, 0.5) is 4.39 Å². The van der Waals surface area contributed by atoms with Crippen LogP contribution in [-0.4, -0.2) is 10.9 Å². The molecule has 1 aromatic carbocycles. The quantitative estimate of drug-likeness (QED) is 0.761. The van der Waals surface area contributed by atoms with E-state index in [0.717, 1.165) is 5.56 Å². The highest BCUT2D eigenvalue weighted by Gasteiger charge is 2.12. The molecule has 0 saturated heterocycles. The maximum atomic E-state index is 13.7. The van der Waals surface area contributed by atoms with E-state index >= 15 is 0 Å². The number of carbonyl (C=O) groups is 1. The van der Waals surface area contributed by atoms with Gasteiger partial charge in [-0.05, 0) is 42.0 Å². The predicted octanol–water partition coefficient (Wildman–Crippen LogP) is 3.99. The molecule has 3 rings (SSSR count). The molecule has 1 amide bonds. The van der Waals surface area contributed by atoms with E-state index in [1.54, 1.807) is 30.7 Å². The molecule has 0 unspecified atom stereocenters. The molecule has 0 fully saturated rings. The lowest BCUT2D eigenvalue weighted by Gasteiger charge is -2.08. The van der Waals surface area contributed by atoms with Crippen molar-refractivity contribution in [1.82, 2.24) is 10.3 Å². The minimum atomic E-state index is -0.485. The SMILES string of the molecule is O=C(Cc1c(F)cccc1Cl)NCc1ccnc(-c2ccco2)c1. The van der Waals surface area contributed by atoms with E-state index in [1.165, 1.54) is 12.1 Å². The number of rotatable bonds is 5. The summed E-state index contributed by atoms with van der Waals surface area (Å²) in [4.78, 5) is 16.3. The van der Waals surface area contributed by atoms with Gasteiger partial charge in [-0.15, -0.1) is 0 Å². The summed E-state index contributed by atoms with van der Waals surface area (Å²) < 4.78 is 19.0. The Morgan fingerprint density at radius 2 is 2.12 bits per heavy atom. The van der Waals surface area contributed by atoms with Crippen LogP contribution < -0.4 is 5.32 Å². The van der Waals surface area contributed by atoms with Gasteiger partial charge in [-0.3, -0.25) is 9.78 Å². The van der Waals surface area contributed by atoms with Gasteiger partial charge in [-0.25, -0.2) is 4.39 Å². The van der Waals surface area contributed by atoms with Crippen molar-refractivity contribution >= 4 is 17.5 Å². The van der Waals surface area contributed by atoms with E-state index in [1.807, 2.05) is 12.1 Å². The molecule has 0 saturated carbocycles. The Bertz CT molecular complexity index is 830. The summed E-state index contributed by atoms with van der Waals surface area (Å²) in [6.45, 7) is 0.307. The first-order valence-corrected chi connectivity index (χ1v) is 7.69. The number of pyridine rings is 1. The first kappa shape index (κ1) is 16.2. The van der Waals surface area contributed by atoms with Crippen LogP contribution in [0.5, 0.6) is 0 Å². The van der Waals surface area contributed by atoms with Gasteiger partial charge >= 0.3 is 0 Å². The maximum absolute atomic E-state index is 13.7. The number of nitrogens with zero attached hydrogens (tertiary/aromatic N) is 1. The number of aromatic nitrogens is 1. The smallest absolute Gasteiger partial charge is 0.224 e. The zero-order valence-corrected chi connectivity index (χ0v) is 13.4. The summed E-state index contributed by atoms with van der Waals surface area (Å²) in [5.74, 6) is -0.138. The monoisotopic (exact) mass is 344 g/mol. The molecule has 122 valence electrons. The molecule has 6 heteroatoms. The van der Waals surface area contributed by atoms with Crippen LogP contribution in [0, 0.1) is 5.82 Å². The van der Waals surface area contributed by atoms with Gasteiger partial charge in [0.25, 0.3) is 0 Å². The molecule has 1 N–H and O–H groups in total. The molecule has 2 heterocycles. The molecule has 0 aliphatic carbocycles. The number of hydrogen-bond acceptors (Lipinski definition) is 3. The lowest BCUT2D eigenvalue weighted by atomic mass is 10.1. The Kier molecular flexibility index (Phi) is 4.91. The van der Waals surface area contributed by atoms with Gasteiger partial charge in [0.2, 0.25) is 5.91 Å².